The molecule has 1 aromatic heterocycles. The molecule has 0 bridgehead atoms. The van der Waals surface area contributed by atoms with Gasteiger partial charge in [0.1, 0.15) is 0 Å². The van der Waals surface area contributed by atoms with E-state index in [9.17, 15) is 4.79 Å². The molecule has 1 aromatic rings. The Morgan fingerprint density at radius 3 is 2.76 bits per heavy atom. The van der Waals surface area contributed by atoms with Gasteiger partial charge < -0.3 is 15.6 Å². The van der Waals surface area contributed by atoms with Crippen LogP contribution in [0, 0.1) is 10.8 Å². The summed E-state index contributed by atoms with van der Waals surface area (Å²) in [5, 5.41) is 3.24. The van der Waals surface area contributed by atoms with Crippen LogP contribution in [-0.4, -0.2) is 27.5 Å². The van der Waals surface area contributed by atoms with Gasteiger partial charge in [0.15, 0.2) is 0 Å². The molecular formula is C16H28N4O. The highest BCUT2D eigenvalue weighted by Gasteiger charge is 2.44. The van der Waals surface area contributed by atoms with E-state index in [0.29, 0.717) is 0 Å². The van der Waals surface area contributed by atoms with Gasteiger partial charge in [-0.05, 0) is 25.2 Å². The van der Waals surface area contributed by atoms with Crippen molar-refractivity contribution in [2.45, 2.75) is 65.6 Å². The van der Waals surface area contributed by atoms with E-state index < -0.39 is 5.41 Å². The normalized spacial score (nSPS) is 27.6. The van der Waals surface area contributed by atoms with Gasteiger partial charge >= 0.3 is 0 Å². The minimum Gasteiger partial charge on any atom is -0.351 e. The maximum atomic E-state index is 12.7. The highest BCUT2D eigenvalue weighted by Crippen LogP contribution is 2.37. The number of hydrogen-bond acceptors (Lipinski definition) is 3. The quantitative estimate of drug-likeness (QED) is 0.890. The number of nitrogens with one attached hydrogen (secondary N) is 1. The molecule has 1 heterocycles. The number of carbonyl (C=O) groups is 1. The Morgan fingerprint density at radius 1 is 1.57 bits per heavy atom. The van der Waals surface area contributed by atoms with Crippen LogP contribution in [0.2, 0.25) is 0 Å². The zero-order valence-corrected chi connectivity index (χ0v) is 13.6. The number of nitrogens with two attached hydrogens (primary N) is 1. The second-order valence-corrected chi connectivity index (χ2v) is 7.57. The van der Waals surface area contributed by atoms with Crippen molar-refractivity contribution in [3.8, 4) is 0 Å². The Balaban J connectivity index is 2.10. The van der Waals surface area contributed by atoms with E-state index in [4.69, 9.17) is 5.73 Å². The molecule has 1 aliphatic rings. The fourth-order valence-electron chi connectivity index (χ4n) is 2.94. The summed E-state index contributed by atoms with van der Waals surface area (Å²) in [5.41, 5.74) is 5.70. The molecule has 3 N–H and O–H groups in total. The van der Waals surface area contributed by atoms with Gasteiger partial charge in [-0.1, -0.05) is 27.2 Å². The van der Waals surface area contributed by atoms with Gasteiger partial charge in [0.25, 0.3) is 0 Å². The summed E-state index contributed by atoms with van der Waals surface area (Å²) in [6, 6.07) is 0.00943. The first kappa shape index (κ1) is 16.0. The van der Waals surface area contributed by atoms with E-state index in [2.05, 4.69) is 31.1 Å². The maximum Gasteiger partial charge on any atom is 0.227 e. The van der Waals surface area contributed by atoms with E-state index in [1.807, 2.05) is 17.7 Å². The first-order valence-electron chi connectivity index (χ1n) is 7.76. The van der Waals surface area contributed by atoms with E-state index in [-0.39, 0.29) is 23.4 Å². The van der Waals surface area contributed by atoms with Crippen molar-refractivity contribution in [1.29, 1.82) is 0 Å². The van der Waals surface area contributed by atoms with Crippen LogP contribution in [0.25, 0.3) is 0 Å². The molecule has 5 nitrogen and oxygen atoms in total. The fourth-order valence-corrected chi connectivity index (χ4v) is 2.94. The summed E-state index contributed by atoms with van der Waals surface area (Å²) < 4.78 is 2.01. The molecular weight excluding hydrogens is 264 g/mol. The standard InChI is InChI=1S/C16H28N4O/c1-15(2,3)13(10-20-9-8-18-11-20)19-14(21)16(4)7-5-6-12(16)17/h8-9,11-13H,5-7,10,17H2,1-4H3,(H,19,21). The molecule has 1 aliphatic carbocycles. The van der Waals surface area contributed by atoms with Crippen LogP contribution >= 0.6 is 0 Å². The van der Waals surface area contributed by atoms with Crippen molar-refractivity contribution >= 4 is 5.91 Å². The molecule has 5 heteroatoms. The van der Waals surface area contributed by atoms with Crippen LogP contribution in [0.1, 0.15) is 47.0 Å². The molecule has 21 heavy (non-hydrogen) atoms. The molecule has 0 radical (unpaired) electrons. The Morgan fingerprint density at radius 2 is 2.29 bits per heavy atom. The van der Waals surface area contributed by atoms with E-state index >= 15 is 0 Å². The van der Waals surface area contributed by atoms with Crippen molar-refractivity contribution in [1.82, 2.24) is 14.9 Å². The first-order valence-corrected chi connectivity index (χ1v) is 7.76. The molecule has 1 amide bonds. The van der Waals surface area contributed by atoms with Gasteiger partial charge in [-0.2, -0.15) is 0 Å². The zero-order chi connectivity index (χ0) is 15.7. The Hall–Kier alpha value is -1.36. The average Bonchev–Trinajstić information content (AvgIpc) is 2.99. The first-order chi connectivity index (χ1) is 9.73. The molecule has 0 spiro atoms. The highest BCUT2D eigenvalue weighted by molar-refractivity contribution is 5.83. The molecule has 2 rings (SSSR count). The lowest BCUT2D eigenvalue weighted by atomic mass is 9.81. The topological polar surface area (TPSA) is 72.9 Å². The number of carbonyl (C=O) groups excluding carboxylic acids is 1. The number of amides is 1. The second kappa shape index (κ2) is 5.79. The number of imidazole rings is 1. The number of hydrogen-bond donors (Lipinski definition) is 2. The van der Waals surface area contributed by atoms with Crippen LogP contribution in [0.5, 0.6) is 0 Å². The lowest BCUT2D eigenvalue weighted by Gasteiger charge is -2.36. The predicted molar refractivity (Wildman–Crippen MR) is 83.5 cm³/mol. The van der Waals surface area contributed by atoms with Gasteiger partial charge in [0.05, 0.1) is 17.8 Å². The van der Waals surface area contributed by atoms with Crippen molar-refractivity contribution in [3.63, 3.8) is 0 Å². The SMILES string of the molecule is CC(C)(C)C(Cn1ccnc1)NC(=O)C1(C)CCCC1N. The van der Waals surface area contributed by atoms with Crippen molar-refractivity contribution in [2.24, 2.45) is 16.6 Å². The number of nitrogens with zero attached hydrogens (tertiary/aromatic N) is 2. The fraction of sp³-hybridized carbons (Fsp3) is 0.750. The van der Waals surface area contributed by atoms with Crippen LogP contribution in [0.3, 0.4) is 0 Å². The van der Waals surface area contributed by atoms with Crippen LogP contribution < -0.4 is 11.1 Å². The number of aromatic nitrogens is 2. The van der Waals surface area contributed by atoms with E-state index in [0.717, 1.165) is 25.8 Å². The van der Waals surface area contributed by atoms with E-state index in [1.54, 1.807) is 12.5 Å². The van der Waals surface area contributed by atoms with Gasteiger partial charge in [-0.15, -0.1) is 0 Å². The van der Waals surface area contributed by atoms with E-state index in [1.165, 1.54) is 0 Å². The summed E-state index contributed by atoms with van der Waals surface area (Å²) in [5.74, 6) is 0.0903. The van der Waals surface area contributed by atoms with Crippen LogP contribution in [0.15, 0.2) is 18.7 Å². The third kappa shape index (κ3) is 3.46. The second-order valence-electron chi connectivity index (χ2n) is 7.57. The van der Waals surface area contributed by atoms with Crippen LogP contribution in [-0.2, 0) is 11.3 Å². The Kier molecular flexibility index (Phi) is 4.42. The molecule has 3 unspecified atom stereocenters. The van der Waals surface area contributed by atoms with Crippen molar-refractivity contribution in [3.05, 3.63) is 18.7 Å². The Bertz CT molecular complexity index is 477. The molecule has 0 saturated heterocycles. The smallest absolute Gasteiger partial charge is 0.227 e. The summed E-state index contributed by atoms with van der Waals surface area (Å²) >= 11 is 0. The summed E-state index contributed by atoms with van der Waals surface area (Å²) in [6.45, 7) is 9.15. The monoisotopic (exact) mass is 292 g/mol. The highest BCUT2D eigenvalue weighted by atomic mass is 16.2. The maximum absolute atomic E-state index is 12.7. The molecule has 1 saturated carbocycles. The number of rotatable bonds is 4. The molecule has 0 aromatic carbocycles. The molecule has 1 fully saturated rings. The third-order valence-corrected chi connectivity index (χ3v) is 4.85. The predicted octanol–water partition coefficient (Wildman–Crippen LogP) is 1.93. The third-order valence-electron chi connectivity index (χ3n) is 4.85. The lowest BCUT2D eigenvalue weighted by Crippen LogP contribution is -2.54. The Labute approximate surface area is 127 Å². The van der Waals surface area contributed by atoms with Crippen molar-refractivity contribution in [2.75, 3.05) is 0 Å². The van der Waals surface area contributed by atoms with Gasteiger partial charge in [-0.3, -0.25) is 4.79 Å². The lowest BCUT2D eigenvalue weighted by molar-refractivity contribution is -0.132. The molecule has 3 atom stereocenters. The largest absolute Gasteiger partial charge is 0.351 e. The van der Waals surface area contributed by atoms with Crippen LogP contribution in [0.4, 0.5) is 0 Å². The minimum atomic E-state index is -0.432. The van der Waals surface area contributed by atoms with Gasteiger partial charge in [-0.25, -0.2) is 4.98 Å². The average molecular weight is 292 g/mol. The summed E-state index contributed by atoms with van der Waals surface area (Å²) in [7, 11) is 0. The minimum absolute atomic E-state index is 0.0288. The molecule has 0 aliphatic heterocycles. The summed E-state index contributed by atoms with van der Waals surface area (Å²) in [6.07, 6.45) is 8.32. The van der Waals surface area contributed by atoms with Crippen molar-refractivity contribution < 1.29 is 4.79 Å². The van der Waals surface area contributed by atoms with Gasteiger partial charge in [0, 0.05) is 25.0 Å². The zero-order valence-electron chi connectivity index (χ0n) is 13.6. The molecule has 118 valence electrons. The summed E-state index contributed by atoms with van der Waals surface area (Å²) in [4.78, 5) is 16.8. The van der Waals surface area contributed by atoms with Gasteiger partial charge in [0.2, 0.25) is 5.91 Å².